The average molecular weight is 319 g/mol. The van der Waals surface area contributed by atoms with Gasteiger partial charge >= 0.3 is 0 Å². The van der Waals surface area contributed by atoms with Crippen molar-refractivity contribution in [3.05, 3.63) is 54.4 Å². The molecule has 0 bridgehead atoms. The SMILES string of the molecule is BrC1=NO[C@@H](c2ccc(Oc3cccnc3)cc2)C1. The van der Waals surface area contributed by atoms with Crippen LogP contribution in [0.3, 0.4) is 0 Å². The maximum absolute atomic E-state index is 5.68. The van der Waals surface area contributed by atoms with Crippen LogP contribution in [0.25, 0.3) is 0 Å². The Morgan fingerprint density at radius 2 is 2.00 bits per heavy atom. The number of hydrogen-bond acceptors (Lipinski definition) is 4. The topological polar surface area (TPSA) is 43.7 Å². The highest BCUT2D eigenvalue weighted by Crippen LogP contribution is 2.30. The van der Waals surface area contributed by atoms with Crippen molar-refractivity contribution < 1.29 is 9.57 Å². The summed E-state index contributed by atoms with van der Waals surface area (Å²) in [6.45, 7) is 0. The molecule has 96 valence electrons. The zero-order valence-corrected chi connectivity index (χ0v) is 11.6. The molecule has 0 unspecified atom stereocenters. The van der Waals surface area contributed by atoms with Crippen LogP contribution >= 0.6 is 15.9 Å². The molecule has 0 spiro atoms. The van der Waals surface area contributed by atoms with Crippen LogP contribution in [-0.4, -0.2) is 9.60 Å². The van der Waals surface area contributed by atoms with Crippen LogP contribution in [0.4, 0.5) is 0 Å². The van der Waals surface area contributed by atoms with Crippen LogP contribution in [0, 0.1) is 0 Å². The molecule has 1 aromatic heterocycles. The lowest BCUT2D eigenvalue weighted by Gasteiger charge is -2.09. The Bertz CT molecular complexity index is 584. The summed E-state index contributed by atoms with van der Waals surface area (Å²) in [5, 5.41) is 3.88. The molecule has 0 N–H and O–H groups in total. The highest BCUT2D eigenvalue weighted by atomic mass is 79.9. The summed E-state index contributed by atoms with van der Waals surface area (Å²) >= 11 is 3.33. The molecule has 1 atom stereocenters. The Morgan fingerprint density at radius 3 is 2.63 bits per heavy atom. The van der Waals surface area contributed by atoms with Crippen molar-refractivity contribution in [1.29, 1.82) is 0 Å². The van der Waals surface area contributed by atoms with Gasteiger partial charge in [0.1, 0.15) is 16.1 Å². The molecule has 0 aliphatic carbocycles. The zero-order valence-electron chi connectivity index (χ0n) is 9.99. The largest absolute Gasteiger partial charge is 0.456 e. The van der Waals surface area contributed by atoms with E-state index in [0.717, 1.165) is 28.1 Å². The van der Waals surface area contributed by atoms with E-state index in [-0.39, 0.29) is 6.10 Å². The Morgan fingerprint density at radius 1 is 1.16 bits per heavy atom. The summed E-state index contributed by atoms with van der Waals surface area (Å²) in [4.78, 5) is 9.30. The van der Waals surface area contributed by atoms with E-state index >= 15 is 0 Å². The molecule has 2 aromatic rings. The van der Waals surface area contributed by atoms with Gasteiger partial charge in [0, 0.05) is 12.6 Å². The standard InChI is InChI=1S/C14H11BrN2O2/c15-14-8-13(19-17-14)10-3-5-11(6-4-10)18-12-2-1-7-16-9-12/h1-7,9,13H,8H2/t13-/m1/s1. The molecule has 4 nitrogen and oxygen atoms in total. The fourth-order valence-corrected chi connectivity index (χ4v) is 2.20. The fourth-order valence-electron chi connectivity index (χ4n) is 1.82. The van der Waals surface area contributed by atoms with Gasteiger partial charge in [0.05, 0.1) is 6.20 Å². The number of pyridine rings is 1. The zero-order chi connectivity index (χ0) is 13.1. The number of halogens is 1. The molecule has 3 rings (SSSR count). The third-order valence-electron chi connectivity index (χ3n) is 2.75. The second-order valence-electron chi connectivity index (χ2n) is 4.13. The monoisotopic (exact) mass is 318 g/mol. The van der Waals surface area contributed by atoms with E-state index in [9.17, 15) is 0 Å². The van der Waals surface area contributed by atoms with Gasteiger partial charge in [0.2, 0.25) is 0 Å². The van der Waals surface area contributed by atoms with Gasteiger partial charge in [0.25, 0.3) is 0 Å². The van der Waals surface area contributed by atoms with Crippen LogP contribution in [0.5, 0.6) is 11.5 Å². The molecule has 5 heteroatoms. The maximum atomic E-state index is 5.68. The van der Waals surface area contributed by atoms with E-state index in [0.29, 0.717) is 0 Å². The number of hydrogen-bond donors (Lipinski definition) is 0. The summed E-state index contributed by atoms with van der Waals surface area (Å²) in [6.07, 6.45) is 4.15. The Hall–Kier alpha value is -1.88. The molecule has 1 aliphatic heterocycles. The molecule has 19 heavy (non-hydrogen) atoms. The van der Waals surface area contributed by atoms with Crippen molar-refractivity contribution >= 4 is 20.6 Å². The predicted octanol–water partition coefficient (Wildman–Crippen LogP) is 4.04. The fraction of sp³-hybridized carbons (Fsp3) is 0.143. The van der Waals surface area contributed by atoms with Gasteiger partial charge in [0.15, 0.2) is 6.10 Å². The molecule has 0 saturated heterocycles. The molecule has 1 aliphatic rings. The van der Waals surface area contributed by atoms with Gasteiger partial charge in [-0.1, -0.05) is 17.3 Å². The lowest BCUT2D eigenvalue weighted by atomic mass is 10.1. The minimum atomic E-state index is -0.0122. The third-order valence-corrected chi connectivity index (χ3v) is 3.22. The average Bonchev–Trinajstić information content (AvgIpc) is 2.87. The molecule has 2 heterocycles. The summed E-state index contributed by atoms with van der Waals surface area (Å²) in [5.41, 5.74) is 1.08. The number of ether oxygens (including phenoxy) is 1. The van der Waals surface area contributed by atoms with Crippen molar-refractivity contribution in [2.45, 2.75) is 12.5 Å². The van der Waals surface area contributed by atoms with E-state index in [1.165, 1.54) is 0 Å². The first-order chi connectivity index (χ1) is 9.31. The number of oxime groups is 1. The quantitative estimate of drug-likeness (QED) is 0.857. The van der Waals surface area contributed by atoms with Gasteiger partial charge in [-0.3, -0.25) is 4.98 Å². The maximum Gasteiger partial charge on any atom is 0.158 e. The van der Waals surface area contributed by atoms with Gasteiger partial charge in [-0.15, -0.1) is 0 Å². The highest BCUT2D eigenvalue weighted by molar-refractivity contribution is 9.18. The minimum Gasteiger partial charge on any atom is -0.456 e. The molecule has 0 radical (unpaired) electrons. The molecular formula is C14H11BrN2O2. The van der Waals surface area contributed by atoms with E-state index in [1.807, 2.05) is 36.4 Å². The van der Waals surface area contributed by atoms with Crippen molar-refractivity contribution in [3.8, 4) is 11.5 Å². The Labute approximate surface area is 119 Å². The number of nitrogens with zero attached hydrogens (tertiary/aromatic N) is 2. The smallest absolute Gasteiger partial charge is 0.158 e. The van der Waals surface area contributed by atoms with Gasteiger partial charge in [-0.05, 0) is 45.8 Å². The van der Waals surface area contributed by atoms with Crippen LogP contribution in [0.1, 0.15) is 18.1 Å². The molecule has 0 fully saturated rings. The first-order valence-corrected chi connectivity index (χ1v) is 6.66. The number of aromatic nitrogens is 1. The lowest BCUT2D eigenvalue weighted by Crippen LogP contribution is -1.96. The van der Waals surface area contributed by atoms with Crippen LogP contribution < -0.4 is 4.74 Å². The van der Waals surface area contributed by atoms with E-state index in [4.69, 9.17) is 9.57 Å². The number of rotatable bonds is 3. The predicted molar refractivity (Wildman–Crippen MR) is 75.6 cm³/mol. The van der Waals surface area contributed by atoms with E-state index in [2.05, 4.69) is 26.1 Å². The van der Waals surface area contributed by atoms with E-state index < -0.39 is 0 Å². The lowest BCUT2D eigenvalue weighted by molar-refractivity contribution is 0.0857. The molecule has 1 aromatic carbocycles. The summed E-state index contributed by atoms with van der Waals surface area (Å²) in [7, 11) is 0. The second kappa shape index (κ2) is 5.40. The van der Waals surface area contributed by atoms with Crippen LogP contribution in [0.2, 0.25) is 0 Å². The third kappa shape index (κ3) is 2.93. The van der Waals surface area contributed by atoms with Crippen LogP contribution in [-0.2, 0) is 4.84 Å². The van der Waals surface area contributed by atoms with Crippen molar-refractivity contribution in [2.75, 3.05) is 0 Å². The first kappa shape index (κ1) is 12.2. The molecule has 0 saturated carbocycles. The summed E-state index contributed by atoms with van der Waals surface area (Å²) in [5.74, 6) is 1.49. The van der Waals surface area contributed by atoms with E-state index in [1.54, 1.807) is 12.4 Å². The minimum absolute atomic E-state index is 0.0122. The van der Waals surface area contributed by atoms with Gasteiger partial charge < -0.3 is 9.57 Å². The Kier molecular flexibility index (Phi) is 3.46. The first-order valence-electron chi connectivity index (χ1n) is 5.87. The molecular weight excluding hydrogens is 308 g/mol. The normalized spacial score (nSPS) is 17.7. The van der Waals surface area contributed by atoms with Gasteiger partial charge in [-0.2, -0.15) is 0 Å². The summed E-state index contributed by atoms with van der Waals surface area (Å²) in [6, 6.07) is 11.5. The van der Waals surface area contributed by atoms with Crippen molar-refractivity contribution in [3.63, 3.8) is 0 Å². The van der Waals surface area contributed by atoms with Crippen molar-refractivity contribution in [2.24, 2.45) is 5.16 Å². The summed E-state index contributed by atoms with van der Waals surface area (Å²) < 4.78 is 6.52. The molecule has 0 amide bonds. The van der Waals surface area contributed by atoms with Gasteiger partial charge in [-0.25, -0.2) is 0 Å². The second-order valence-corrected chi connectivity index (χ2v) is 5.04. The van der Waals surface area contributed by atoms with Crippen molar-refractivity contribution in [1.82, 2.24) is 4.98 Å². The van der Waals surface area contributed by atoms with Crippen LogP contribution in [0.15, 0.2) is 53.9 Å². The highest BCUT2D eigenvalue weighted by Gasteiger charge is 2.20. The number of benzene rings is 1. The Balaban J connectivity index is 1.69.